The van der Waals surface area contributed by atoms with Crippen LogP contribution in [0.2, 0.25) is 5.02 Å². The highest BCUT2D eigenvalue weighted by atomic mass is 35.5. The van der Waals surface area contributed by atoms with Crippen LogP contribution in [0, 0.1) is 5.92 Å². The maximum absolute atomic E-state index is 12.3. The van der Waals surface area contributed by atoms with Gasteiger partial charge >= 0.3 is 0 Å². The standard InChI is InChI=1S/C25H27ClN2O2/c1-18(2)15-28-25(29)20-7-5-8-23(14-20)27-16-21-6-3-4-9-24(21)30-17-19-10-12-22(26)13-11-19/h3-14,18,27H,15-17H2,1-2H3,(H,28,29). The Kier molecular flexibility index (Phi) is 7.75. The molecule has 5 heteroatoms. The number of amides is 1. The monoisotopic (exact) mass is 422 g/mol. The molecule has 0 heterocycles. The molecule has 0 unspecified atom stereocenters. The summed E-state index contributed by atoms with van der Waals surface area (Å²) in [4.78, 5) is 12.3. The zero-order chi connectivity index (χ0) is 21.3. The van der Waals surface area contributed by atoms with Gasteiger partial charge in [0.1, 0.15) is 12.4 Å². The van der Waals surface area contributed by atoms with Gasteiger partial charge in [-0.3, -0.25) is 4.79 Å². The van der Waals surface area contributed by atoms with Crippen molar-refractivity contribution in [2.24, 2.45) is 5.92 Å². The largest absolute Gasteiger partial charge is 0.489 e. The number of carbonyl (C=O) groups is 1. The highest BCUT2D eigenvalue weighted by molar-refractivity contribution is 6.30. The number of nitrogens with one attached hydrogen (secondary N) is 2. The van der Waals surface area contributed by atoms with E-state index in [4.69, 9.17) is 16.3 Å². The molecule has 0 atom stereocenters. The smallest absolute Gasteiger partial charge is 0.251 e. The van der Waals surface area contributed by atoms with E-state index in [9.17, 15) is 4.79 Å². The molecule has 2 N–H and O–H groups in total. The van der Waals surface area contributed by atoms with Gasteiger partial charge in [0, 0.05) is 34.9 Å². The third-order valence-electron chi connectivity index (χ3n) is 4.56. The van der Waals surface area contributed by atoms with Crippen molar-refractivity contribution in [1.29, 1.82) is 0 Å². The first-order valence-corrected chi connectivity index (χ1v) is 10.5. The van der Waals surface area contributed by atoms with Gasteiger partial charge in [-0.15, -0.1) is 0 Å². The number of ether oxygens (including phenoxy) is 1. The van der Waals surface area contributed by atoms with Gasteiger partial charge in [0.2, 0.25) is 0 Å². The summed E-state index contributed by atoms with van der Waals surface area (Å²) in [5.41, 5.74) is 3.64. The van der Waals surface area contributed by atoms with E-state index in [-0.39, 0.29) is 5.91 Å². The molecule has 30 heavy (non-hydrogen) atoms. The first kappa shape index (κ1) is 21.7. The Labute approximate surface area is 183 Å². The summed E-state index contributed by atoms with van der Waals surface area (Å²) >= 11 is 5.94. The van der Waals surface area contributed by atoms with E-state index >= 15 is 0 Å². The molecule has 0 spiro atoms. The van der Waals surface area contributed by atoms with Gasteiger partial charge in [-0.1, -0.05) is 61.8 Å². The molecule has 3 aromatic carbocycles. The predicted molar refractivity (Wildman–Crippen MR) is 123 cm³/mol. The van der Waals surface area contributed by atoms with Crippen molar-refractivity contribution in [1.82, 2.24) is 5.32 Å². The first-order valence-electron chi connectivity index (χ1n) is 10.1. The van der Waals surface area contributed by atoms with E-state index in [1.165, 1.54) is 0 Å². The van der Waals surface area contributed by atoms with Crippen molar-refractivity contribution in [3.63, 3.8) is 0 Å². The summed E-state index contributed by atoms with van der Waals surface area (Å²) < 4.78 is 6.02. The fraction of sp³-hybridized carbons (Fsp3) is 0.240. The molecule has 0 aliphatic carbocycles. The fourth-order valence-corrected chi connectivity index (χ4v) is 3.02. The zero-order valence-corrected chi connectivity index (χ0v) is 18.1. The van der Waals surface area contributed by atoms with Crippen LogP contribution in [0.1, 0.15) is 35.3 Å². The van der Waals surface area contributed by atoms with E-state index in [0.29, 0.717) is 36.2 Å². The maximum atomic E-state index is 12.3. The molecular formula is C25H27ClN2O2. The molecule has 1 amide bonds. The van der Waals surface area contributed by atoms with Crippen LogP contribution in [0.15, 0.2) is 72.8 Å². The van der Waals surface area contributed by atoms with Gasteiger partial charge in [-0.05, 0) is 47.9 Å². The lowest BCUT2D eigenvalue weighted by Gasteiger charge is -2.14. The lowest BCUT2D eigenvalue weighted by molar-refractivity contribution is 0.0949. The van der Waals surface area contributed by atoms with E-state index in [1.54, 1.807) is 0 Å². The second-order valence-electron chi connectivity index (χ2n) is 7.56. The molecule has 0 bridgehead atoms. The molecule has 4 nitrogen and oxygen atoms in total. The van der Waals surface area contributed by atoms with Crippen LogP contribution in [0.25, 0.3) is 0 Å². The van der Waals surface area contributed by atoms with Crippen molar-refractivity contribution < 1.29 is 9.53 Å². The topological polar surface area (TPSA) is 50.4 Å². The predicted octanol–water partition coefficient (Wildman–Crippen LogP) is 5.92. The molecule has 0 saturated heterocycles. The number of para-hydroxylation sites is 1. The van der Waals surface area contributed by atoms with Gasteiger partial charge in [-0.2, -0.15) is 0 Å². The molecule has 0 aliphatic rings. The van der Waals surface area contributed by atoms with Crippen LogP contribution in [-0.4, -0.2) is 12.5 Å². The summed E-state index contributed by atoms with van der Waals surface area (Å²) in [6, 6.07) is 23.1. The van der Waals surface area contributed by atoms with Gasteiger partial charge < -0.3 is 15.4 Å². The molecule has 0 radical (unpaired) electrons. The minimum Gasteiger partial charge on any atom is -0.489 e. The van der Waals surface area contributed by atoms with Crippen molar-refractivity contribution >= 4 is 23.2 Å². The van der Waals surface area contributed by atoms with Crippen LogP contribution < -0.4 is 15.4 Å². The van der Waals surface area contributed by atoms with E-state index in [1.807, 2.05) is 72.8 Å². The molecule has 0 saturated carbocycles. The summed E-state index contributed by atoms with van der Waals surface area (Å²) in [6.07, 6.45) is 0. The lowest BCUT2D eigenvalue weighted by Crippen LogP contribution is -2.27. The van der Waals surface area contributed by atoms with Gasteiger partial charge in [-0.25, -0.2) is 0 Å². The first-order chi connectivity index (χ1) is 14.5. The van der Waals surface area contributed by atoms with Crippen LogP contribution in [0.3, 0.4) is 0 Å². The molecule has 156 valence electrons. The van der Waals surface area contributed by atoms with Crippen molar-refractivity contribution in [3.8, 4) is 5.75 Å². The van der Waals surface area contributed by atoms with Gasteiger partial charge in [0.15, 0.2) is 0 Å². The molecule has 0 aliphatic heterocycles. The third kappa shape index (κ3) is 6.53. The number of anilines is 1. The van der Waals surface area contributed by atoms with Crippen LogP contribution in [0.5, 0.6) is 5.75 Å². The van der Waals surface area contributed by atoms with Crippen molar-refractivity contribution in [2.75, 3.05) is 11.9 Å². The Bertz CT molecular complexity index is 971. The second kappa shape index (κ2) is 10.7. The minimum absolute atomic E-state index is 0.0564. The van der Waals surface area contributed by atoms with Crippen molar-refractivity contribution in [3.05, 3.63) is 94.5 Å². The van der Waals surface area contributed by atoms with E-state index in [0.717, 1.165) is 22.6 Å². The number of rotatable bonds is 9. The van der Waals surface area contributed by atoms with Gasteiger partial charge in [0.25, 0.3) is 5.91 Å². The highest BCUT2D eigenvalue weighted by Crippen LogP contribution is 2.22. The fourth-order valence-electron chi connectivity index (χ4n) is 2.90. The zero-order valence-electron chi connectivity index (χ0n) is 17.3. The third-order valence-corrected chi connectivity index (χ3v) is 4.81. The Morgan fingerprint density at radius 2 is 1.77 bits per heavy atom. The normalized spacial score (nSPS) is 10.7. The number of hydrogen-bond donors (Lipinski definition) is 2. The summed E-state index contributed by atoms with van der Waals surface area (Å²) in [5.74, 6) is 1.18. The van der Waals surface area contributed by atoms with E-state index in [2.05, 4.69) is 24.5 Å². The maximum Gasteiger partial charge on any atom is 0.251 e. The summed E-state index contributed by atoms with van der Waals surface area (Å²) in [7, 11) is 0. The molecule has 0 fully saturated rings. The Morgan fingerprint density at radius 1 is 1.00 bits per heavy atom. The number of hydrogen-bond acceptors (Lipinski definition) is 3. The van der Waals surface area contributed by atoms with Crippen LogP contribution >= 0.6 is 11.6 Å². The van der Waals surface area contributed by atoms with Crippen LogP contribution in [0.4, 0.5) is 5.69 Å². The Balaban J connectivity index is 1.61. The number of carbonyl (C=O) groups excluding carboxylic acids is 1. The Morgan fingerprint density at radius 3 is 2.53 bits per heavy atom. The highest BCUT2D eigenvalue weighted by Gasteiger charge is 2.08. The van der Waals surface area contributed by atoms with Gasteiger partial charge in [0.05, 0.1) is 0 Å². The minimum atomic E-state index is -0.0564. The lowest BCUT2D eigenvalue weighted by atomic mass is 10.1. The summed E-state index contributed by atoms with van der Waals surface area (Å²) in [5, 5.41) is 7.05. The number of halogens is 1. The quantitative estimate of drug-likeness (QED) is 0.450. The average molecular weight is 423 g/mol. The molecule has 3 rings (SSSR count). The Hall–Kier alpha value is -2.98. The molecule has 3 aromatic rings. The average Bonchev–Trinajstić information content (AvgIpc) is 2.76. The number of benzene rings is 3. The molecule has 0 aromatic heterocycles. The van der Waals surface area contributed by atoms with E-state index < -0.39 is 0 Å². The molecular weight excluding hydrogens is 396 g/mol. The SMILES string of the molecule is CC(C)CNC(=O)c1cccc(NCc2ccccc2OCc2ccc(Cl)cc2)c1. The summed E-state index contributed by atoms with van der Waals surface area (Å²) in [6.45, 7) is 5.87. The second-order valence-corrected chi connectivity index (χ2v) is 8.00. The van der Waals surface area contributed by atoms with Crippen molar-refractivity contribution in [2.45, 2.75) is 27.0 Å². The van der Waals surface area contributed by atoms with Crippen LogP contribution in [-0.2, 0) is 13.2 Å².